The highest BCUT2D eigenvalue weighted by Gasteiger charge is 2.11. The van der Waals surface area contributed by atoms with Crippen LogP contribution >= 0.6 is 27.3 Å². The molecule has 0 fully saturated rings. The van der Waals surface area contributed by atoms with Gasteiger partial charge in [-0.2, -0.15) is 0 Å². The third-order valence-electron chi connectivity index (χ3n) is 2.77. The van der Waals surface area contributed by atoms with Crippen LogP contribution in [0.3, 0.4) is 0 Å². The van der Waals surface area contributed by atoms with E-state index in [-0.39, 0.29) is 11.8 Å². The summed E-state index contributed by atoms with van der Waals surface area (Å²) >= 11 is 4.72. The van der Waals surface area contributed by atoms with Gasteiger partial charge in [0.2, 0.25) is 5.91 Å². The van der Waals surface area contributed by atoms with E-state index in [4.69, 9.17) is 0 Å². The van der Waals surface area contributed by atoms with Gasteiger partial charge in [0.05, 0.1) is 6.42 Å². The van der Waals surface area contributed by atoms with E-state index >= 15 is 0 Å². The van der Waals surface area contributed by atoms with Crippen molar-refractivity contribution in [2.45, 2.75) is 13.3 Å². The quantitative estimate of drug-likeness (QED) is 0.851. The van der Waals surface area contributed by atoms with Gasteiger partial charge in [0.25, 0.3) is 5.91 Å². The Kier molecular flexibility index (Phi) is 5.52. The number of nitrogens with one attached hydrogen (secondary N) is 2. The van der Waals surface area contributed by atoms with Crippen molar-refractivity contribution in [1.29, 1.82) is 0 Å². The minimum absolute atomic E-state index is 0.00296. The molecule has 0 aliphatic heterocycles. The zero-order chi connectivity index (χ0) is 15.2. The van der Waals surface area contributed by atoms with Gasteiger partial charge in [-0.25, -0.2) is 0 Å². The molecule has 2 rings (SSSR count). The summed E-state index contributed by atoms with van der Waals surface area (Å²) in [5.41, 5.74) is 1.62. The molecule has 0 radical (unpaired) electrons. The molecule has 21 heavy (non-hydrogen) atoms. The van der Waals surface area contributed by atoms with Crippen molar-refractivity contribution in [3.8, 4) is 0 Å². The lowest BCUT2D eigenvalue weighted by Crippen LogP contribution is -2.24. The van der Waals surface area contributed by atoms with Crippen LogP contribution < -0.4 is 10.6 Å². The fourth-order valence-corrected chi connectivity index (χ4v) is 3.24. The fourth-order valence-electron chi connectivity index (χ4n) is 1.79. The molecule has 2 aromatic rings. The first-order valence-electron chi connectivity index (χ1n) is 6.50. The Hall–Kier alpha value is -1.66. The summed E-state index contributed by atoms with van der Waals surface area (Å²) in [6, 6.07) is 9.12. The summed E-state index contributed by atoms with van der Waals surface area (Å²) in [6.07, 6.45) is 0.346. The number of carbonyl (C=O) groups is 2. The maximum atomic E-state index is 12.0. The monoisotopic (exact) mass is 366 g/mol. The lowest BCUT2D eigenvalue weighted by Gasteiger charge is -2.06. The normalized spacial score (nSPS) is 10.2. The van der Waals surface area contributed by atoms with Gasteiger partial charge in [-0.1, -0.05) is 12.1 Å². The van der Waals surface area contributed by atoms with Gasteiger partial charge in [-0.05, 0) is 52.0 Å². The molecule has 0 spiro atoms. The van der Waals surface area contributed by atoms with E-state index in [0.29, 0.717) is 23.5 Å². The van der Waals surface area contributed by atoms with Crippen LogP contribution in [0.4, 0.5) is 5.69 Å². The van der Waals surface area contributed by atoms with Crippen LogP contribution in [0.25, 0.3) is 0 Å². The number of hydrogen-bond acceptors (Lipinski definition) is 3. The predicted octanol–water partition coefficient (Wildman–Crippen LogP) is 3.44. The Morgan fingerprint density at radius 3 is 2.48 bits per heavy atom. The Balaban J connectivity index is 1.98. The van der Waals surface area contributed by atoms with E-state index in [0.717, 1.165) is 10.0 Å². The predicted molar refractivity (Wildman–Crippen MR) is 88.8 cm³/mol. The zero-order valence-electron chi connectivity index (χ0n) is 11.5. The Labute approximate surface area is 135 Å². The van der Waals surface area contributed by atoms with E-state index in [1.807, 2.05) is 30.5 Å². The highest BCUT2D eigenvalue weighted by Crippen LogP contribution is 2.23. The Morgan fingerprint density at radius 2 is 1.90 bits per heavy atom. The van der Waals surface area contributed by atoms with Crippen LogP contribution in [0.2, 0.25) is 0 Å². The molecule has 1 aromatic carbocycles. The van der Waals surface area contributed by atoms with Crippen LogP contribution in [0.5, 0.6) is 0 Å². The molecule has 0 saturated heterocycles. The third-order valence-corrected chi connectivity index (χ3v) is 4.61. The standard InChI is InChI=1S/C15H15BrN2O2S/c1-2-17-13(19)9-10-3-5-11(6-4-10)18-15(20)14-12(16)7-8-21-14/h3-8H,2,9H2,1H3,(H,17,19)(H,18,20). The molecular weight excluding hydrogens is 352 g/mol. The van der Waals surface area contributed by atoms with E-state index in [1.165, 1.54) is 11.3 Å². The van der Waals surface area contributed by atoms with Crippen molar-refractivity contribution in [2.24, 2.45) is 0 Å². The average Bonchev–Trinajstić information content (AvgIpc) is 2.87. The molecule has 0 aliphatic carbocycles. The topological polar surface area (TPSA) is 58.2 Å². The summed E-state index contributed by atoms with van der Waals surface area (Å²) < 4.78 is 0.790. The summed E-state index contributed by atoms with van der Waals surface area (Å²) in [5.74, 6) is -0.148. The number of thiophene rings is 1. The molecule has 0 unspecified atom stereocenters. The van der Waals surface area contributed by atoms with Crippen LogP contribution in [0.1, 0.15) is 22.2 Å². The van der Waals surface area contributed by atoms with Crippen molar-refractivity contribution < 1.29 is 9.59 Å². The lowest BCUT2D eigenvalue weighted by molar-refractivity contribution is -0.120. The molecule has 2 amide bonds. The first-order chi connectivity index (χ1) is 10.1. The maximum absolute atomic E-state index is 12.0. The molecule has 2 N–H and O–H groups in total. The number of carbonyl (C=O) groups excluding carboxylic acids is 2. The maximum Gasteiger partial charge on any atom is 0.266 e. The molecule has 1 aromatic heterocycles. The highest BCUT2D eigenvalue weighted by atomic mass is 79.9. The largest absolute Gasteiger partial charge is 0.356 e. The van der Waals surface area contributed by atoms with E-state index in [2.05, 4.69) is 26.6 Å². The molecular formula is C15H15BrN2O2S. The minimum Gasteiger partial charge on any atom is -0.356 e. The van der Waals surface area contributed by atoms with Crippen molar-refractivity contribution in [2.75, 3.05) is 11.9 Å². The second-order valence-electron chi connectivity index (χ2n) is 4.38. The molecule has 0 bridgehead atoms. The SMILES string of the molecule is CCNC(=O)Cc1ccc(NC(=O)c2sccc2Br)cc1. The van der Waals surface area contributed by atoms with Gasteiger partial charge in [0, 0.05) is 16.7 Å². The van der Waals surface area contributed by atoms with Gasteiger partial charge in [0.15, 0.2) is 0 Å². The molecule has 4 nitrogen and oxygen atoms in total. The third kappa shape index (κ3) is 4.41. The van der Waals surface area contributed by atoms with Gasteiger partial charge in [-0.3, -0.25) is 9.59 Å². The summed E-state index contributed by atoms with van der Waals surface area (Å²) in [4.78, 5) is 24.2. The van der Waals surface area contributed by atoms with E-state index in [9.17, 15) is 9.59 Å². The highest BCUT2D eigenvalue weighted by molar-refractivity contribution is 9.10. The number of rotatable bonds is 5. The average molecular weight is 367 g/mol. The van der Waals surface area contributed by atoms with Gasteiger partial charge < -0.3 is 10.6 Å². The number of anilines is 1. The summed E-state index contributed by atoms with van der Waals surface area (Å²) in [6.45, 7) is 2.52. The van der Waals surface area contributed by atoms with Crippen LogP contribution in [-0.2, 0) is 11.2 Å². The number of amides is 2. The van der Waals surface area contributed by atoms with E-state index < -0.39 is 0 Å². The van der Waals surface area contributed by atoms with Gasteiger partial charge in [0.1, 0.15) is 4.88 Å². The smallest absolute Gasteiger partial charge is 0.266 e. The van der Waals surface area contributed by atoms with E-state index in [1.54, 1.807) is 12.1 Å². The van der Waals surface area contributed by atoms with Crippen molar-refractivity contribution in [3.05, 3.63) is 50.6 Å². The van der Waals surface area contributed by atoms with Crippen molar-refractivity contribution >= 4 is 44.8 Å². The summed E-state index contributed by atoms with van der Waals surface area (Å²) in [7, 11) is 0. The van der Waals surface area contributed by atoms with Gasteiger partial charge in [-0.15, -0.1) is 11.3 Å². The fraction of sp³-hybridized carbons (Fsp3) is 0.200. The van der Waals surface area contributed by atoms with Gasteiger partial charge >= 0.3 is 0 Å². The molecule has 0 aliphatic rings. The molecule has 6 heteroatoms. The zero-order valence-corrected chi connectivity index (χ0v) is 13.9. The molecule has 0 saturated carbocycles. The molecule has 0 atom stereocenters. The number of halogens is 1. The van der Waals surface area contributed by atoms with Crippen molar-refractivity contribution in [1.82, 2.24) is 5.32 Å². The number of likely N-dealkylation sites (N-methyl/N-ethyl adjacent to an activating group) is 1. The first-order valence-corrected chi connectivity index (χ1v) is 8.17. The minimum atomic E-state index is -0.145. The number of hydrogen-bond donors (Lipinski definition) is 2. The first kappa shape index (κ1) is 15.7. The second-order valence-corrected chi connectivity index (χ2v) is 6.15. The van der Waals surface area contributed by atoms with Crippen LogP contribution in [0.15, 0.2) is 40.2 Å². The summed E-state index contributed by atoms with van der Waals surface area (Å²) in [5, 5.41) is 7.44. The Morgan fingerprint density at radius 1 is 1.19 bits per heavy atom. The van der Waals surface area contributed by atoms with Crippen molar-refractivity contribution in [3.63, 3.8) is 0 Å². The molecule has 110 valence electrons. The lowest BCUT2D eigenvalue weighted by atomic mass is 10.1. The van der Waals surface area contributed by atoms with Crippen LogP contribution in [0, 0.1) is 0 Å². The Bertz CT molecular complexity index is 637. The van der Waals surface area contributed by atoms with Crippen LogP contribution in [-0.4, -0.2) is 18.4 Å². The molecule has 1 heterocycles. The second kappa shape index (κ2) is 7.38. The number of benzene rings is 1.